The van der Waals surface area contributed by atoms with Crippen LogP contribution in [0.15, 0.2) is 24.3 Å². The van der Waals surface area contributed by atoms with Gasteiger partial charge in [-0.3, -0.25) is 0 Å². The Morgan fingerprint density at radius 3 is 2.83 bits per heavy atom. The quantitative estimate of drug-likeness (QED) is 0.467. The topological polar surface area (TPSA) is 9.23 Å². The van der Waals surface area contributed by atoms with E-state index in [1.165, 1.54) is 0 Å². The molecule has 1 aromatic rings. The number of halogens is 1. The first-order chi connectivity index (χ1) is 5.84. The van der Waals surface area contributed by atoms with E-state index >= 15 is 0 Å². The van der Waals surface area contributed by atoms with E-state index in [9.17, 15) is 0 Å². The molecular weight excluding hydrogens is 263 g/mol. The van der Waals surface area contributed by atoms with E-state index in [-0.39, 0.29) is 0 Å². The van der Waals surface area contributed by atoms with E-state index in [1.54, 1.807) is 0 Å². The fourth-order valence-corrected chi connectivity index (χ4v) is 1.32. The molecule has 0 aliphatic carbocycles. The van der Waals surface area contributed by atoms with Gasteiger partial charge >= 0.3 is 0 Å². The van der Waals surface area contributed by atoms with Crippen LogP contribution in [-0.2, 0) is 0 Å². The second kappa shape index (κ2) is 5.04. The molecule has 0 radical (unpaired) electrons. The molecule has 0 spiro atoms. The Kier molecular flexibility index (Phi) is 3.95. The number of hydrogen-bond acceptors (Lipinski definition) is 1. The standard InChI is InChI=1S/C10H9IO/c1-2-3-8-12-10-7-5-4-6-9(10)11/h1,4-7H,3,8H2. The molecule has 1 nitrogen and oxygen atoms in total. The van der Waals surface area contributed by atoms with Crippen LogP contribution in [0, 0.1) is 15.9 Å². The van der Waals surface area contributed by atoms with Gasteiger partial charge < -0.3 is 4.74 Å². The molecule has 1 rings (SSSR count). The van der Waals surface area contributed by atoms with Gasteiger partial charge in [-0.2, -0.15) is 0 Å². The number of rotatable bonds is 3. The average molecular weight is 272 g/mol. The van der Waals surface area contributed by atoms with Gasteiger partial charge in [-0.25, -0.2) is 0 Å². The first kappa shape index (κ1) is 9.40. The van der Waals surface area contributed by atoms with Gasteiger partial charge in [0, 0.05) is 6.42 Å². The Balaban J connectivity index is 2.53. The lowest BCUT2D eigenvalue weighted by atomic mass is 10.3. The van der Waals surface area contributed by atoms with Crippen LogP contribution in [0.5, 0.6) is 5.75 Å². The van der Waals surface area contributed by atoms with Crippen molar-refractivity contribution >= 4 is 22.6 Å². The average Bonchev–Trinajstić information content (AvgIpc) is 2.09. The minimum absolute atomic E-state index is 0.594. The molecule has 0 fully saturated rings. The lowest BCUT2D eigenvalue weighted by Gasteiger charge is -2.04. The Labute approximate surface area is 86.3 Å². The molecule has 1 aromatic carbocycles. The van der Waals surface area contributed by atoms with Gasteiger partial charge in [0.1, 0.15) is 5.75 Å². The third kappa shape index (κ3) is 2.74. The summed E-state index contributed by atoms with van der Waals surface area (Å²) in [6.45, 7) is 0.594. The van der Waals surface area contributed by atoms with Crippen LogP contribution in [0.4, 0.5) is 0 Å². The molecule has 0 saturated heterocycles. The summed E-state index contributed by atoms with van der Waals surface area (Å²) in [5.74, 6) is 3.44. The van der Waals surface area contributed by atoms with E-state index in [0.29, 0.717) is 13.0 Å². The Morgan fingerprint density at radius 1 is 1.42 bits per heavy atom. The second-order valence-electron chi connectivity index (χ2n) is 2.23. The molecule has 0 bridgehead atoms. The van der Waals surface area contributed by atoms with Crippen molar-refractivity contribution in [3.8, 4) is 18.1 Å². The highest BCUT2D eigenvalue weighted by Crippen LogP contribution is 2.19. The molecule has 0 atom stereocenters. The number of terminal acetylenes is 1. The number of hydrogen-bond donors (Lipinski definition) is 0. The highest BCUT2D eigenvalue weighted by Gasteiger charge is 1.96. The molecule has 0 heterocycles. The van der Waals surface area contributed by atoms with E-state index in [1.807, 2.05) is 24.3 Å². The van der Waals surface area contributed by atoms with Crippen LogP contribution in [0.3, 0.4) is 0 Å². The largest absolute Gasteiger partial charge is 0.491 e. The minimum Gasteiger partial charge on any atom is -0.491 e. The zero-order valence-corrected chi connectivity index (χ0v) is 8.74. The second-order valence-corrected chi connectivity index (χ2v) is 3.40. The van der Waals surface area contributed by atoms with Crippen LogP contribution in [0.1, 0.15) is 6.42 Å². The van der Waals surface area contributed by atoms with Gasteiger partial charge in [-0.05, 0) is 34.7 Å². The van der Waals surface area contributed by atoms with Crippen molar-refractivity contribution in [2.45, 2.75) is 6.42 Å². The summed E-state index contributed by atoms with van der Waals surface area (Å²) in [7, 11) is 0. The predicted molar refractivity (Wildman–Crippen MR) is 58.1 cm³/mol. The van der Waals surface area contributed by atoms with Crippen molar-refractivity contribution < 1.29 is 4.74 Å². The summed E-state index contributed by atoms with van der Waals surface area (Å²) in [5.41, 5.74) is 0. The van der Waals surface area contributed by atoms with Crippen molar-refractivity contribution in [3.63, 3.8) is 0 Å². The molecule has 0 unspecified atom stereocenters. The fraction of sp³-hybridized carbons (Fsp3) is 0.200. The SMILES string of the molecule is C#CCCOc1ccccc1I. The minimum atomic E-state index is 0.594. The first-order valence-corrected chi connectivity index (χ1v) is 4.73. The van der Waals surface area contributed by atoms with Crippen molar-refractivity contribution in [2.24, 2.45) is 0 Å². The molecule has 0 amide bonds. The lowest BCUT2D eigenvalue weighted by molar-refractivity contribution is 0.325. The van der Waals surface area contributed by atoms with Gasteiger partial charge in [0.25, 0.3) is 0 Å². The van der Waals surface area contributed by atoms with Crippen LogP contribution in [-0.4, -0.2) is 6.61 Å². The smallest absolute Gasteiger partial charge is 0.132 e. The number of ether oxygens (including phenoxy) is 1. The first-order valence-electron chi connectivity index (χ1n) is 3.65. The van der Waals surface area contributed by atoms with Gasteiger partial charge in [0.15, 0.2) is 0 Å². The van der Waals surface area contributed by atoms with Crippen LogP contribution >= 0.6 is 22.6 Å². The number of benzene rings is 1. The van der Waals surface area contributed by atoms with Crippen molar-refractivity contribution in [1.82, 2.24) is 0 Å². The lowest BCUT2D eigenvalue weighted by Crippen LogP contribution is -1.96. The summed E-state index contributed by atoms with van der Waals surface area (Å²) in [5, 5.41) is 0. The Hall–Kier alpha value is -0.690. The molecule has 0 N–H and O–H groups in total. The normalized spacial score (nSPS) is 9.00. The maximum absolute atomic E-state index is 5.43. The number of para-hydroxylation sites is 1. The summed E-state index contributed by atoms with van der Waals surface area (Å²) < 4.78 is 6.54. The maximum Gasteiger partial charge on any atom is 0.132 e. The molecule has 12 heavy (non-hydrogen) atoms. The molecule has 0 aromatic heterocycles. The highest BCUT2D eigenvalue weighted by molar-refractivity contribution is 14.1. The van der Waals surface area contributed by atoms with Crippen LogP contribution in [0.2, 0.25) is 0 Å². The van der Waals surface area contributed by atoms with Crippen molar-refractivity contribution in [1.29, 1.82) is 0 Å². The molecule has 2 heteroatoms. The molecular formula is C10H9IO. The molecule has 62 valence electrons. The predicted octanol–water partition coefficient (Wildman–Crippen LogP) is 2.69. The van der Waals surface area contributed by atoms with E-state index in [0.717, 1.165) is 9.32 Å². The van der Waals surface area contributed by atoms with Crippen LogP contribution < -0.4 is 4.74 Å². The molecule has 0 saturated carbocycles. The van der Waals surface area contributed by atoms with Gasteiger partial charge in [0.2, 0.25) is 0 Å². The summed E-state index contributed by atoms with van der Waals surface area (Å²) >= 11 is 2.24. The van der Waals surface area contributed by atoms with Crippen molar-refractivity contribution in [3.05, 3.63) is 27.8 Å². The van der Waals surface area contributed by atoms with E-state index in [4.69, 9.17) is 11.2 Å². The Bertz CT molecular complexity index is 288. The fourth-order valence-electron chi connectivity index (χ4n) is 0.782. The Morgan fingerprint density at radius 2 is 2.17 bits per heavy atom. The summed E-state index contributed by atoms with van der Waals surface area (Å²) in [6, 6.07) is 7.88. The van der Waals surface area contributed by atoms with E-state index in [2.05, 4.69) is 28.5 Å². The van der Waals surface area contributed by atoms with Gasteiger partial charge in [-0.15, -0.1) is 12.3 Å². The molecule has 0 aliphatic rings. The zero-order chi connectivity index (χ0) is 8.81. The maximum atomic E-state index is 5.43. The highest BCUT2D eigenvalue weighted by atomic mass is 127. The summed E-state index contributed by atoms with van der Waals surface area (Å²) in [4.78, 5) is 0. The third-order valence-electron chi connectivity index (χ3n) is 1.34. The summed E-state index contributed by atoms with van der Waals surface area (Å²) in [6.07, 6.45) is 5.76. The van der Waals surface area contributed by atoms with Gasteiger partial charge in [0.05, 0.1) is 10.2 Å². The third-order valence-corrected chi connectivity index (χ3v) is 2.23. The van der Waals surface area contributed by atoms with Crippen molar-refractivity contribution in [2.75, 3.05) is 6.61 Å². The van der Waals surface area contributed by atoms with E-state index < -0.39 is 0 Å². The zero-order valence-electron chi connectivity index (χ0n) is 6.59. The van der Waals surface area contributed by atoms with Crippen LogP contribution in [0.25, 0.3) is 0 Å². The van der Waals surface area contributed by atoms with Gasteiger partial charge in [-0.1, -0.05) is 12.1 Å². The monoisotopic (exact) mass is 272 g/mol. The molecule has 0 aliphatic heterocycles.